The van der Waals surface area contributed by atoms with E-state index in [1.807, 2.05) is 0 Å². The van der Waals surface area contributed by atoms with Crippen LogP contribution in [0.2, 0.25) is 0 Å². The average Bonchev–Trinajstić information content (AvgIpc) is 2.58. The van der Waals surface area contributed by atoms with Gasteiger partial charge in [0.1, 0.15) is 5.69 Å². The van der Waals surface area contributed by atoms with Crippen molar-refractivity contribution in [1.82, 2.24) is 4.57 Å². The first-order chi connectivity index (χ1) is 6.61. The maximum absolute atomic E-state index is 11.2. The third kappa shape index (κ3) is 1.62. The molecule has 1 heterocycles. The zero-order chi connectivity index (χ0) is 10.7. The van der Waals surface area contributed by atoms with E-state index in [1.54, 1.807) is 30.7 Å². The van der Waals surface area contributed by atoms with E-state index in [0.717, 1.165) is 5.69 Å². The number of ether oxygens (including phenoxy) is 1. The van der Waals surface area contributed by atoms with Crippen molar-refractivity contribution in [2.75, 3.05) is 7.11 Å². The Bertz CT molecular complexity index is 387. The zero-order valence-corrected chi connectivity index (χ0v) is 8.44. The maximum atomic E-state index is 11.2. The summed E-state index contributed by atoms with van der Waals surface area (Å²) in [6.45, 7) is 1.79. The van der Waals surface area contributed by atoms with Crippen molar-refractivity contribution in [3.8, 4) is 6.07 Å². The Morgan fingerprint density at radius 1 is 1.64 bits per heavy atom. The van der Waals surface area contributed by atoms with E-state index in [-0.39, 0.29) is 11.9 Å². The molecule has 14 heavy (non-hydrogen) atoms. The number of rotatable bonds is 2. The number of esters is 1. The number of nitriles is 1. The van der Waals surface area contributed by atoms with Gasteiger partial charge in [-0.2, -0.15) is 5.26 Å². The van der Waals surface area contributed by atoms with Crippen LogP contribution in [0.4, 0.5) is 0 Å². The van der Waals surface area contributed by atoms with Gasteiger partial charge >= 0.3 is 5.97 Å². The van der Waals surface area contributed by atoms with Crippen LogP contribution in [0.5, 0.6) is 0 Å². The maximum Gasteiger partial charge on any atom is 0.354 e. The Labute approximate surface area is 82.7 Å². The standard InChI is InChI=1S/C10H12N2O2/c1-7(6-11)8-4-5-9(12(8)2)10(13)14-3/h4-5,7H,1-3H3. The molecule has 0 saturated carbocycles. The molecule has 0 aliphatic rings. The van der Waals surface area contributed by atoms with E-state index in [2.05, 4.69) is 10.8 Å². The largest absolute Gasteiger partial charge is 0.464 e. The summed E-state index contributed by atoms with van der Waals surface area (Å²) in [6.07, 6.45) is 0. The molecule has 0 amide bonds. The van der Waals surface area contributed by atoms with Crippen LogP contribution in [0.3, 0.4) is 0 Å². The summed E-state index contributed by atoms with van der Waals surface area (Å²) in [4.78, 5) is 11.2. The van der Waals surface area contributed by atoms with Crippen molar-refractivity contribution in [2.45, 2.75) is 12.8 Å². The molecule has 0 aliphatic heterocycles. The first-order valence-electron chi connectivity index (χ1n) is 4.25. The van der Waals surface area contributed by atoms with Gasteiger partial charge in [-0.15, -0.1) is 0 Å². The predicted molar refractivity (Wildman–Crippen MR) is 50.8 cm³/mol. The molecule has 4 nitrogen and oxygen atoms in total. The molecule has 0 aromatic carbocycles. The van der Waals surface area contributed by atoms with Gasteiger partial charge in [-0.1, -0.05) is 0 Å². The van der Waals surface area contributed by atoms with Crippen molar-refractivity contribution < 1.29 is 9.53 Å². The number of hydrogen-bond donors (Lipinski definition) is 0. The number of nitrogens with zero attached hydrogens (tertiary/aromatic N) is 2. The predicted octanol–water partition coefficient (Wildman–Crippen LogP) is 1.44. The monoisotopic (exact) mass is 192 g/mol. The Morgan fingerprint density at radius 3 is 2.79 bits per heavy atom. The number of carbonyl (C=O) groups excluding carboxylic acids is 1. The minimum atomic E-state index is -0.385. The topological polar surface area (TPSA) is 55.0 Å². The summed E-state index contributed by atoms with van der Waals surface area (Å²) in [5.74, 6) is -0.609. The van der Waals surface area contributed by atoms with E-state index < -0.39 is 0 Å². The first kappa shape index (κ1) is 10.3. The zero-order valence-electron chi connectivity index (χ0n) is 8.44. The summed E-state index contributed by atoms with van der Waals surface area (Å²) < 4.78 is 6.28. The lowest BCUT2D eigenvalue weighted by Gasteiger charge is -2.07. The lowest BCUT2D eigenvalue weighted by atomic mass is 10.1. The third-order valence-corrected chi connectivity index (χ3v) is 2.19. The molecule has 0 fully saturated rings. The smallest absolute Gasteiger partial charge is 0.354 e. The van der Waals surface area contributed by atoms with Gasteiger partial charge in [-0.25, -0.2) is 4.79 Å². The quantitative estimate of drug-likeness (QED) is 0.666. The normalized spacial score (nSPS) is 11.9. The van der Waals surface area contributed by atoms with Crippen molar-refractivity contribution in [1.29, 1.82) is 5.26 Å². The molecule has 1 aromatic rings. The third-order valence-electron chi connectivity index (χ3n) is 2.19. The second-order valence-electron chi connectivity index (χ2n) is 3.04. The highest BCUT2D eigenvalue weighted by atomic mass is 16.5. The van der Waals surface area contributed by atoms with Gasteiger partial charge in [0.2, 0.25) is 0 Å². The van der Waals surface area contributed by atoms with Crippen LogP contribution in [0.25, 0.3) is 0 Å². The van der Waals surface area contributed by atoms with Crippen molar-refractivity contribution in [3.63, 3.8) is 0 Å². The number of hydrogen-bond acceptors (Lipinski definition) is 3. The summed E-state index contributed by atoms with van der Waals surface area (Å²) in [7, 11) is 3.08. The molecule has 1 aromatic heterocycles. The summed E-state index contributed by atoms with van der Waals surface area (Å²) in [6, 6.07) is 5.55. The second kappa shape index (κ2) is 3.97. The summed E-state index contributed by atoms with van der Waals surface area (Å²) in [5, 5.41) is 8.74. The molecule has 0 N–H and O–H groups in total. The van der Waals surface area contributed by atoms with Crippen LogP contribution in [0, 0.1) is 11.3 Å². The Morgan fingerprint density at radius 2 is 2.29 bits per heavy atom. The summed E-state index contributed by atoms with van der Waals surface area (Å²) in [5.41, 5.74) is 1.28. The highest BCUT2D eigenvalue weighted by Crippen LogP contribution is 2.17. The molecule has 0 radical (unpaired) electrons. The SMILES string of the molecule is COC(=O)c1ccc(C(C)C#N)n1C. The van der Waals surface area contributed by atoms with Gasteiger partial charge in [-0.3, -0.25) is 0 Å². The fourth-order valence-corrected chi connectivity index (χ4v) is 1.34. The van der Waals surface area contributed by atoms with Crippen molar-refractivity contribution in [2.24, 2.45) is 7.05 Å². The molecule has 0 saturated heterocycles. The summed E-state index contributed by atoms with van der Waals surface area (Å²) >= 11 is 0. The van der Waals surface area contributed by atoms with E-state index in [4.69, 9.17) is 5.26 Å². The first-order valence-corrected chi connectivity index (χ1v) is 4.25. The van der Waals surface area contributed by atoms with Crippen LogP contribution in [-0.2, 0) is 11.8 Å². The number of aromatic nitrogens is 1. The molecule has 4 heteroatoms. The molecule has 1 rings (SSSR count). The molecular formula is C10H12N2O2. The second-order valence-corrected chi connectivity index (χ2v) is 3.04. The average molecular weight is 192 g/mol. The number of carbonyl (C=O) groups is 1. The Kier molecular flexibility index (Phi) is 2.92. The highest BCUT2D eigenvalue weighted by Gasteiger charge is 2.15. The van der Waals surface area contributed by atoms with Crippen LogP contribution < -0.4 is 0 Å². The van der Waals surface area contributed by atoms with E-state index >= 15 is 0 Å². The van der Waals surface area contributed by atoms with Gasteiger partial charge in [-0.05, 0) is 19.1 Å². The van der Waals surface area contributed by atoms with Gasteiger partial charge in [0.15, 0.2) is 0 Å². The highest BCUT2D eigenvalue weighted by molar-refractivity contribution is 5.87. The van der Waals surface area contributed by atoms with Gasteiger partial charge in [0, 0.05) is 12.7 Å². The minimum absolute atomic E-state index is 0.224. The van der Waals surface area contributed by atoms with Crippen LogP contribution in [0.15, 0.2) is 12.1 Å². The lowest BCUT2D eigenvalue weighted by molar-refractivity contribution is 0.0589. The van der Waals surface area contributed by atoms with Gasteiger partial charge in [0.05, 0.1) is 19.1 Å². The molecular weight excluding hydrogens is 180 g/mol. The van der Waals surface area contributed by atoms with Crippen LogP contribution in [0.1, 0.15) is 29.0 Å². The number of methoxy groups -OCH3 is 1. The molecule has 1 unspecified atom stereocenters. The van der Waals surface area contributed by atoms with Gasteiger partial charge in [0.25, 0.3) is 0 Å². The Balaban J connectivity index is 3.10. The lowest BCUT2D eigenvalue weighted by Crippen LogP contribution is -2.10. The molecule has 0 bridgehead atoms. The van der Waals surface area contributed by atoms with Gasteiger partial charge < -0.3 is 9.30 Å². The van der Waals surface area contributed by atoms with Crippen LogP contribution >= 0.6 is 0 Å². The van der Waals surface area contributed by atoms with E-state index in [9.17, 15) is 4.79 Å². The van der Waals surface area contributed by atoms with Crippen molar-refractivity contribution >= 4 is 5.97 Å². The molecule has 0 aliphatic carbocycles. The fraction of sp³-hybridized carbons (Fsp3) is 0.400. The van der Waals surface area contributed by atoms with Crippen LogP contribution in [-0.4, -0.2) is 17.6 Å². The molecule has 74 valence electrons. The molecule has 1 atom stereocenters. The van der Waals surface area contributed by atoms with E-state index in [1.165, 1.54) is 7.11 Å². The fourth-order valence-electron chi connectivity index (χ4n) is 1.34. The molecule has 0 spiro atoms. The Hall–Kier alpha value is -1.76. The van der Waals surface area contributed by atoms with Crippen molar-refractivity contribution in [3.05, 3.63) is 23.5 Å². The minimum Gasteiger partial charge on any atom is -0.464 e. The van der Waals surface area contributed by atoms with E-state index in [0.29, 0.717) is 5.69 Å².